The van der Waals surface area contributed by atoms with Gasteiger partial charge >= 0.3 is 0 Å². The van der Waals surface area contributed by atoms with Gasteiger partial charge in [0, 0.05) is 24.9 Å². The molecular weight excluding hydrogens is 254 g/mol. The van der Waals surface area contributed by atoms with Gasteiger partial charge in [0.15, 0.2) is 0 Å². The Hall–Kier alpha value is -1.88. The lowest BCUT2D eigenvalue weighted by Crippen LogP contribution is -2.12. The van der Waals surface area contributed by atoms with Crippen LogP contribution >= 0.6 is 0 Å². The summed E-state index contributed by atoms with van der Waals surface area (Å²) >= 11 is 0. The van der Waals surface area contributed by atoms with E-state index in [9.17, 15) is 0 Å². The fourth-order valence-corrected chi connectivity index (χ4v) is 2.64. The summed E-state index contributed by atoms with van der Waals surface area (Å²) in [6.45, 7) is 3.06. The van der Waals surface area contributed by atoms with Crippen molar-refractivity contribution in [3.8, 4) is 11.5 Å². The summed E-state index contributed by atoms with van der Waals surface area (Å²) in [6, 6.07) is 6.15. The SMILES string of the molecule is CCC(OC)c1noc(-c2cccc3c2CCCN3)n1. The fraction of sp³-hybridized carbons (Fsp3) is 0.467. The molecular formula is C15H19N3O2. The van der Waals surface area contributed by atoms with E-state index >= 15 is 0 Å². The standard InChI is InChI=1S/C15H19N3O2/c1-3-13(19-2)14-17-15(20-18-14)11-6-4-8-12-10(11)7-5-9-16-12/h4,6,8,13,16H,3,5,7,9H2,1-2H3. The van der Waals surface area contributed by atoms with Crippen molar-refractivity contribution in [2.45, 2.75) is 32.3 Å². The molecule has 1 aliphatic heterocycles. The number of aromatic nitrogens is 2. The lowest BCUT2D eigenvalue weighted by Gasteiger charge is -2.19. The first kappa shape index (κ1) is 13.1. The van der Waals surface area contributed by atoms with Crippen LogP contribution in [0.3, 0.4) is 0 Å². The highest BCUT2D eigenvalue weighted by Gasteiger charge is 2.20. The number of anilines is 1. The third kappa shape index (κ3) is 2.29. The Bertz CT molecular complexity index is 591. The second kappa shape index (κ2) is 5.63. The predicted molar refractivity (Wildman–Crippen MR) is 76.6 cm³/mol. The van der Waals surface area contributed by atoms with E-state index in [-0.39, 0.29) is 6.10 Å². The van der Waals surface area contributed by atoms with E-state index in [4.69, 9.17) is 9.26 Å². The Morgan fingerprint density at radius 3 is 3.15 bits per heavy atom. The number of nitrogens with one attached hydrogen (secondary N) is 1. The van der Waals surface area contributed by atoms with Crippen LogP contribution in [0.25, 0.3) is 11.5 Å². The molecule has 0 spiro atoms. The van der Waals surface area contributed by atoms with Crippen molar-refractivity contribution >= 4 is 5.69 Å². The third-order valence-corrected chi connectivity index (χ3v) is 3.71. The lowest BCUT2D eigenvalue weighted by molar-refractivity contribution is 0.0903. The van der Waals surface area contributed by atoms with Crippen LogP contribution in [0.5, 0.6) is 0 Å². The Balaban J connectivity index is 1.97. The van der Waals surface area contributed by atoms with Gasteiger partial charge in [-0.1, -0.05) is 18.1 Å². The number of hydrogen-bond donors (Lipinski definition) is 1. The molecule has 0 radical (unpaired) electrons. The number of ether oxygens (including phenoxy) is 1. The molecule has 1 atom stereocenters. The van der Waals surface area contributed by atoms with E-state index in [1.807, 2.05) is 19.1 Å². The zero-order valence-corrected chi connectivity index (χ0v) is 11.8. The molecule has 1 N–H and O–H groups in total. The zero-order chi connectivity index (χ0) is 13.9. The van der Waals surface area contributed by atoms with Gasteiger partial charge in [0.2, 0.25) is 5.82 Å². The first-order valence-corrected chi connectivity index (χ1v) is 7.06. The molecule has 2 aromatic rings. The molecule has 1 aromatic heterocycles. The van der Waals surface area contributed by atoms with Gasteiger partial charge < -0.3 is 14.6 Å². The van der Waals surface area contributed by atoms with Crippen LogP contribution < -0.4 is 5.32 Å². The first-order valence-electron chi connectivity index (χ1n) is 7.06. The van der Waals surface area contributed by atoms with E-state index in [0.29, 0.717) is 11.7 Å². The van der Waals surface area contributed by atoms with Crippen LogP contribution in [0.15, 0.2) is 22.7 Å². The Morgan fingerprint density at radius 1 is 1.45 bits per heavy atom. The van der Waals surface area contributed by atoms with Gasteiger partial charge in [0.25, 0.3) is 5.89 Å². The summed E-state index contributed by atoms with van der Waals surface area (Å²) in [6.07, 6.45) is 2.88. The summed E-state index contributed by atoms with van der Waals surface area (Å²) < 4.78 is 10.8. The van der Waals surface area contributed by atoms with Gasteiger partial charge in [-0.05, 0) is 37.0 Å². The van der Waals surface area contributed by atoms with Crippen molar-refractivity contribution in [3.05, 3.63) is 29.6 Å². The maximum Gasteiger partial charge on any atom is 0.258 e. The quantitative estimate of drug-likeness (QED) is 0.927. The first-order chi connectivity index (χ1) is 9.83. The topological polar surface area (TPSA) is 60.2 Å². The summed E-state index contributed by atoms with van der Waals surface area (Å²) in [5.74, 6) is 1.20. The molecule has 3 rings (SSSR count). The van der Waals surface area contributed by atoms with Gasteiger partial charge in [-0.2, -0.15) is 4.98 Å². The van der Waals surface area contributed by atoms with E-state index in [1.165, 1.54) is 11.3 Å². The van der Waals surface area contributed by atoms with Crippen LogP contribution in [-0.4, -0.2) is 23.8 Å². The summed E-state index contributed by atoms with van der Waals surface area (Å²) in [4.78, 5) is 4.50. The summed E-state index contributed by atoms with van der Waals surface area (Å²) in [7, 11) is 1.67. The van der Waals surface area contributed by atoms with E-state index in [0.717, 1.165) is 31.4 Å². The van der Waals surface area contributed by atoms with Crippen LogP contribution in [0.2, 0.25) is 0 Å². The number of benzene rings is 1. The highest BCUT2D eigenvalue weighted by Crippen LogP contribution is 2.32. The maximum atomic E-state index is 5.43. The van der Waals surface area contributed by atoms with Crippen molar-refractivity contribution in [3.63, 3.8) is 0 Å². The molecule has 2 heterocycles. The molecule has 0 bridgehead atoms. The van der Waals surface area contributed by atoms with Crippen LogP contribution in [-0.2, 0) is 11.2 Å². The summed E-state index contributed by atoms with van der Waals surface area (Å²) in [5.41, 5.74) is 3.46. The monoisotopic (exact) mass is 273 g/mol. The van der Waals surface area contributed by atoms with Gasteiger partial charge in [0.1, 0.15) is 6.10 Å². The van der Waals surface area contributed by atoms with Crippen molar-refractivity contribution < 1.29 is 9.26 Å². The van der Waals surface area contributed by atoms with Gasteiger partial charge in [-0.25, -0.2) is 0 Å². The minimum atomic E-state index is -0.106. The molecule has 1 aromatic carbocycles. The number of fused-ring (bicyclic) bond motifs is 1. The number of nitrogens with zero attached hydrogens (tertiary/aromatic N) is 2. The smallest absolute Gasteiger partial charge is 0.258 e. The number of methoxy groups -OCH3 is 1. The lowest BCUT2D eigenvalue weighted by atomic mass is 9.97. The maximum absolute atomic E-state index is 5.43. The average Bonchev–Trinajstić information content (AvgIpc) is 2.97. The Morgan fingerprint density at radius 2 is 2.35 bits per heavy atom. The van der Waals surface area contributed by atoms with Crippen LogP contribution in [0.1, 0.15) is 37.3 Å². The van der Waals surface area contributed by atoms with Gasteiger partial charge in [0.05, 0.1) is 0 Å². The summed E-state index contributed by atoms with van der Waals surface area (Å²) in [5, 5.41) is 7.46. The second-order valence-corrected chi connectivity index (χ2v) is 4.95. The minimum absolute atomic E-state index is 0.106. The third-order valence-electron chi connectivity index (χ3n) is 3.71. The molecule has 0 amide bonds. The van der Waals surface area contributed by atoms with Crippen molar-refractivity contribution in [1.29, 1.82) is 0 Å². The average molecular weight is 273 g/mol. The Kier molecular flexibility index (Phi) is 3.69. The number of hydrogen-bond acceptors (Lipinski definition) is 5. The molecule has 5 heteroatoms. The van der Waals surface area contributed by atoms with Gasteiger partial charge in [-0.3, -0.25) is 0 Å². The highest BCUT2D eigenvalue weighted by atomic mass is 16.5. The van der Waals surface area contributed by atoms with Crippen molar-refractivity contribution in [2.75, 3.05) is 19.0 Å². The molecule has 0 fully saturated rings. The molecule has 5 nitrogen and oxygen atoms in total. The van der Waals surface area contributed by atoms with E-state index in [1.54, 1.807) is 7.11 Å². The molecule has 1 aliphatic rings. The molecule has 106 valence electrons. The van der Waals surface area contributed by atoms with Gasteiger partial charge in [-0.15, -0.1) is 0 Å². The normalized spacial score (nSPS) is 15.5. The predicted octanol–water partition coefficient (Wildman–Crippen LogP) is 3.19. The van der Waals surface area contributed by atoms with Crippen LogP contribution in [0.4, 0.5) is 5.69 Å². The molecule has 1 unspecified atom stereocenters. The van der Waals surface area contributed by atoms with Crippen LogP contribution in [0, 0.1) is 0 Å². The minimum Gasteiger partial charge on any atom is -0.385 e. The van der Waals surface area contributed by atoms with Crippen molar-refractivity contribution in [1.82, 2.24) is 10.1 Å². The molecule has 20 heavy (non-hydrogen) atoms. The molecule has 0 saturated carbocycles. The highest BCUT2D eigenvalue weighted by molar-refractivity contribution is 5.69. The fourth-order valence-electron chi connectivity index (χ4n) is 2.64. The van der Waals surface area contributed by atoms with E-state index < -0.39 is 0 Å². The largest absolute Gasteiger partial charge is 0.385 e. The Labute approximate surface area is 118 Å². The molecule has 0 saturated heterocycles. The van der Waals surface area contributed by atoms with Crippen molar-refractivity contribution in [2.24, 2.45) is 0 Å². The van der Waals surface area contributed by atoms with E-state index in [2.05, 4.69) is 21.5 Å². The number of rotatable bonds is 4. The molecule has 0 aliphatic carbocycles. The second-order valence-electron chi connectivity index (χ2n) is 4.95. The zero-order valence-electron chi connectivity index (χ0n) is 11.8.